The van der Waals surface area contributed by atoms with Crippen molar-refractivity contribution in [2.75, 3.05) is 58.3 Å². The molecule has 3 heterocycles. The topological polar surface area (TPSA) is 98.3 Å². The first-order valence-corrected chi connectivity index (χ1v) is 14.0. The highest BCUT2D eigenvalue weighted by atomic mass is 32.2. The molecule has 3 fully saturated rings. The fourth-order valence-electron chi connectivity index (χ4n) is 4.97. The van der Waals surface area contributed by atoms with Crippen molar-refractivity contribution in [3.8, 4) is 0 Å². The molecule has 3 aliphatic heterocycles. The smallest absolute Gasteiger partial charge is 0.241 e. The van der Waals surface area contributed by atoms with Gasteiger partial charge in [-0.25, -0.2) is 21.1 Å². The molecule has 0 N–H and O–H groups in total. The Bertz CT molecular complexity index is 808. The number of carbonyl (C=O) groups excluding carboxylic acids is 1. The quantitative estimate of drug-likeness (QED) is 0.497. The highest BCUT2D eigenvalue weighted by Gasteiger charge is 2.58. The van der Waals surface area contributed by atoms with Gasteiger partial charge in [-0.05, 0) is 32.9 Å². The Morgan fingerprint density at radius 2 is 1.69 bits per heavy atom. The van der Waals surface area contributed by atoms with Crippen LogP contribution in [0.3, 0.4) is 0 Å². The average Bonchev–Trinajstić information content (AvgIpc) is 3.15. The van der Waals surface area contributed by atoms with Crippen LogP contribution in [-0.2, 0) is 24.8 Å². The van der Waals surface area contributed by atoms with E-state index < -0.39 is 44.0 Å². The van der Waals surface area contributed by atoms with E-state index in [4.69, 9.17) is 0 Å². The van der Waals surface area contributed by atoms with Crippen molar-refractivity contribution < 1.29 is 21.6 Å². The number of fused-ring (bicyclic) bond motifs is 1. The second-order valence-corrected chi connectivity index (χ2v) is 12.5. The van der Waals surface area contributed by atoms with Crippen LogP contribution in [0.5, 0.6) is 0 Å². The van der Waals surface area contributed by atoms with E-state index in [1.165, 1.54) is 4.31 Å². The van der Waals surface area contributed by atoms with Crippen molar-refractivity contribution in [1.82, 2.24) is 18.4 Å². The van der Waals surface area contributed by atoms with E-state index in [1.807, 2.05) is 6.92 Å². The Kier molecular flexibility index (Phi) is 6.94. The van der Waals surface area contributed by atoms with Gasteiger partial charge in [0.1, 0.15) is 0 Å². The number of likely N-dealkylation sites (N-methyl/N-ethyl adjacent to an activating group) is 1. The lowest BCUT2D eigenvalue weighted by Crippen LogP contribution is -2.46. The third-order valence-corrected chi connectivity index (χ3v) is 9.52. The molecule has 3 saturated heterocycles. The normalized spacial score (nSPS) is 30.2. The molecule has 0 unspecified atom stereocenters. The van der Waals surface area contributed by atoms with Crippen molar-refractivity contribution in [3.05, 3.63) is 0 Å². The first kappa shape index (κ1) is 22.9. The van der Waals surface area contributed by atoms with E-state index in [1.54, 1.807) is 0 Å². The molecule has 0 saturated carbocycles. The summed E-state index contributed by atoms with van der Waals surface area (Å²) < 4.78 is 53.0. The molecule has 0 spiro atoms. The van der Waals surface area contributed by atoms with E-state index in [0.717, 1.165) is 43.3 Å². The van der Waals surface area contributed by atoms with Crippen molar-refractivity contribution in [1.29, 1.82) is 0 Å². The van der Waals surface area contributed by atoms with Gasteiger partial charge in [-0.2, -0.15) is 4.31 Å². The number of carbonyl (C=O) groups is 1. The zero-order valence-electron chi connectivity index (χ0n) is 17.7. The molecule has 1 amide bonds. The molecule has 0 aromatic heterocycles. The summed E-state index contributed by atoms with van der Waals surface area (Å²) in [7, 11) is -5.17. The second-order valence-electron chi connectivity index (χ2n) is 8.56. The molecule has 0 bridgehead atoms. The largest absolute Gasteiger partial charge is 0.304 e. The van der Waals surface area contributed by atoms with Gasteiger partial charge in [0, 0.05) is 32.7 Å². The van der Waals surface area contributed by atoms with Gasteiger partial charge in [-0.3, -0.25) is 4.79 Å². The van der Waals surface area contributed by atoms with Crippen molar-refractivity contribution in [2.24, 2.45) is 5.92 Å². The van der Waals surface area contributed by atoms with E-state index in [-0.39, 0.29) is 12.3 Å². The molecule has 11 heteroatoms. The third kappa shape index (κ3) is 4.79. The fourth-order valence-corrected chi connectivity index (χ4v) is 7.92. The SMILES string of the molecule is CCC[C@H]1C(=O)N(S(C)(=O)=O)[C@H]2CCN(S(=O)(=O)CCCN3CCN(C)CC3)[C@H]12. The summed E-state index contributed by atoms with van der Waals surface area (Å²) in [5.74, 6) is -0.981. The number of nitrogens with zero attached hydrogens (tertiary/aromatic N) is 4. The summed E-state index contributed by atoms with van der Waals surface area (Å²) in [4.78, 5) is 17.3. The molecule has 0 aliphatic carbocycles. The monoisotopic (exact) mass is 450 g/mol. The molecular formula is C18H34N4O5S2. The summed E-state index contributed by atoms with van der Waals surface area (Å²) in [6, 6.07) is -1.13. The molecule has 29 heavy (non-hydrogen) atoms. The highest BCUT2D eigenvalue weighted by molar-refractivity contribution is 7.89. The van der Waals surface area contributed by atoms with E-state index in [2.05, 4.69) is 16.8 Å². The Labute approximate surface area is 175 Å². The summed E-state index contributed by atoms with van der Waals surface area (Å²) >= 11 is 0. The molecule has 9 nitrogen and oxygen atoms in total. The van der Waals surface area contributed by atoms with Gasteiger partial charge < -0.3 is 9.80 Å². The Morgan fingerprint density at radius 1 is 1.03 bits per heavy atom. The molecule has 168 valence electrons. The van der Waals surface area contributed by atoms with Gasteiger partial charge in [0.25, 0.3) is 0 Å². The maximum absolute atomic E-state index is 13.1. The number of amides is 1. The van der Waals surface area contributed by atoms with Crippen LogP contribution >= 0.6 is 0 Å². The van der Waals surface area contributed by atoms with Crippen LogP contribution < -0.4 is 0 Å². The van der Waals surface area contributed by atoms with Gasteiger partial charge in [0.2, 0.25) is 26.0 Å². The summed E-state index contributed by atoms with van der Waals surface area (Å²) in [6.45, 7) is 6.82. The first-order valence-electron chi connectivity index (χ1n) is 10.5. The lowest BCUT2D eigenvalue weighted by molar-refractivity contribution is -0.128. The lowest BCUT2D eigenvalue weighted by Gasteiger charge is -2.32. The molecule has 3 atom stereocenters. The van der Waals surface area contributed by atoms with Gasteiger partial charge in [0.15, 0.2) is 0 Å². The predicted octanol–water partition coefficient (Wildman–Crippen LogP) is -0.385. The third-order valence-electron chi connectivity index (χ3n) is 6.41. The maximum Gasteiger partial charge on any atom is 0.241 e. The highest BCUT2D eigenvalue weighted by Crippen LogP contribution is 2.41. The van der Waals surface area contributed by atoms with Gasteiger partial charge in [-0.15, -0.1) is 0 Å². The second kappa shape index (κ2) is 8.78. The summed E-state index contributed by atoms with van der Waals surface area (Å²) in [6.07, 6.45) is 3.15. The van der Waals surface area contributed by atoms with E-state index >= 15 is 0 Å². The van der Waals surface area contributed by atoms with Crippen LogP contribution in [0, 0.1) is 5.92 Å². The maximum atomic E-state index is 13.1. The Hall–Kier alpha value is -0.750. The average molecular weight is 451 g/mol. The van der Waals surface area contributed by atoms with Crippen LogP contribution in [0.25, 0.3) is 0 Å². The lowest BCUT2D eigenvalue weighted by atomic mass is 9.95. The molecule has 0 aromatic rings. The van der Waals surface area contributed by atoms with Crippen LogP contribution in [0.2, 0.25) is 0 Å². The minimum atomic E-state index is -3.71. The number of rotatable bonds is 8. The molecular weight excluding hydrogens is 416 g/mol. The molecule has 0 radical (unpaired) electrons. The Balaban J connectivity index is 1.68. The van der Waals surface area contributed by atoms with Crippen LogP contribution in [0.4, 0.5) is 0 Å². The molecule has 0 aromatic carbocycles. The van der Waals surface area contributed by atoms with E-state index in [0.29, 0.717) is 25.7 Å². The standard InChI is InChI=1S/C18H34N4O5S2/c1-4-6-15-17-16(22(18(15)23)28(3,24)25)7-9-21(17)29(26,27)14-5-8-20-12-10-19(2)11-13-20/h15-17H,4-14H2,1-3H3/t15-,16+,17-/m1/s1. The summed E-state index contributed by atoms with van der Waals surface area (Å²) in [5, 5.41) is 0. The number of hydrogen-bond acceptors (Lipinski definition) is 7. The molecule has 3 aliphatic rings. The van der Waals surface area contributed by atoms with Crippen molar-refractivity contribution in [2.45, 2.75) is 44.7 Å². The van der Waals surface area contributed by atoms with Crippen molar-refractivity contribution in [3.63, 3.8) is 0 Å². The van der Waals surface area contributed by atoms with E-state index in [9.17, 15) is 21.6 Å². The van der Waals surface area contributed by atoms with Crippen LogP contribution in [0.1, 0.15) is 32.6 Å². The van der Waals surface area contributed by atoms with Crippen molar-refractivity contribution >= 4 is 26.0 Å². The van der Waals surface area contributed by atoms with Gasteiger partial charge in [0.05, 0.1) is 30.0 Å². The first-order chi connectivity index (χ1) is 13.6. The number of sulfonamides is 2. The minimum Gasteiger partial charge on any atom is -0.304 e. The zero-order valence-corrected chi connectivity index (χ0v) is 19.3. The van der Waals surface area contributed by atoms with Crippen LogP contribution in [-0.4, -0.2) is 112 Å². The van der Waals surface area contributed by atoms with Gasteiger partial charge >= 0.3 is 0 Å². The Morgan fingerprint density at radius 3 is 2.28 bits per heavy atom. The number of piperazine rings is 1. The predicted molar refractivity (Wildman–Crippen MR) is 111 cm³/mol. The van der Waals surface area contributed by atoms with Crippen LogP contribution in [0.15, 0.2) is 0 Å². The molecule has 3 rings (SSSR count). The summed E-state index contributed by atoms with van der Waals surface area (Å²) in [5.41, 5.74) is 0. The fraction of sp³-hybridized carbons (Fsp3) is 0.944. The van der Waals surface area contributed by atoms with Gasteiger partial charge in [-0.1, -0.05) is 13.3 Å². The minimum absolute atomic E-state index is 0.0362. The number of hydrogen-bond donors (Lipinski definition) is 0. The zero-order chi connectivity index (χ0) is 21.4.